The largest absolute Gasteiger partial charge is 0.493 e. The number of thioether (sulfide) groups is 1. The molecule has 136 valence electrons. The normalized spacial score (nSPS) is 10.5. The van der Waals surface area contributed by atoms with Gasteiger partial charge in [-0.05, 0) is 48.0 Å². The Morgan fingerprint density at radius 2 is 2.04 bits per heavy atom. The maximum atomic E-state index is 11.8. The summed E-state index contributed by atoms with van der Waals surface area (Å²) in [5.74, 6) is 1.27. The first-order valence-corrected chi connectivity index (χ1v) is 9.10. The molecule has 0 atom stereocenters. The van der Waals surface area contributed by atoms with Crippen molar-refractivity contribution < 1.29 is 14.3 Å². The van der Waals surface area contributed by atoms with Crippen LogP contribution in [0, 0.1) is 0 Å². The first-order chi connectivity index (χ1) is 12.6. The van der Waals surface area contributed by atoms with Crippen molar-refractivity contribution in [2.24, 2.45) is 5.10 Å². The number of amides is 1. The van der Waals surface area contributed by atoms with Crippen LogP contribution in [0.25, 0.3) is 0 Å². The van der Waals surface area contributed by atoms with Crippen LogP contribution in [0.3, 0.4) is 0 Å². The second-order valence-electron chi connectivity index (χ2n) is 5.05. The highest BCUT2D eigenvalue weighted by Crippen LogP contribution is 2.27. The van der Waals surface area contributed by atoms with Crippen LogP contribution in [-0.4, -0.2) is 31.6 Å². The van der Waals surface area contributed by atoms with Gasteiger partial charge in [0.25, 0.3) is 0 Å². The molecule has 1 N–H and O–H groups in total. The molecule has 0 aliphatic rings. The summed E-state index contributed by atoms with van der Waals surface area (Å²) < 4.78 is 10.8. The standard InChI is InChI=1S/C19H19ClN2O3S/c1-3-10-25-17-9-4-14(11-18(17)24-2)12-21-22-19(23)13-26-16-7-5-15(20)6-8-16/h3-9,11-12H,1,10,13H2,2H3,(H,22,23)/b21-12-. The lowest BCUT2D eigenvalue weighted by molar-refractivity contribution is -0.118. The second-order valence-corrected chi connectivity index (χ2v) is 6.53. The summed E-state index contributed by atoms with van der Waals surface area (Å²) in [7, 11) is 1.56. The van der Waals surface area contributed by atoms with Gasteiger partial charge in [0, 0.05) is 9.92 Å². The number of halogens is 1. The molecular formula is C19H19ClN2O3S. The zero-order chi connectivity index (χ0) is 18.8. The number of hydrazone groups is 1. The van der Waals surface area contributed by atoms with E-state index < -0.39 is 0 Å². The van der Waals surface area contributed by atoms with Crippen molar-refractivity contribution in [2.75, 3.05) is 19.5 Å². The minimum Gasteiger partial charge on any atom is -0.493 e. The number of benzene rings is 2. The second kappa shape index (κ2) is 10.5. The van der Waals surface area contributed by atoms with Gasteiger partial charge in [-0.1, -0.05) is 24.3 Å². The molecule has 0 radical (unpaired) electrons. The predicted octanol–water partition coefficient (Wildman–Crippen LogP) is 4.16. The SMILES string of the molecule is C=CCOc1ccc(/C=N\NC(=O)CSc2ccc(Cl)cc2)cc1OC. The zero-order valence-corrected chi connectivity index (χ0v) is 15.8. The van der Waals surface area contributed by atoms with Gasteiger partial charge in [-0.25, -0.2) is 5.43 Å². The van der Waals surface area contributed by atoms with Gasteiger partial charge in [0.1, 0.15) is 6.61 Å². The lowest BCUT2D eigenvalue weighted by Crippen LogP contribution is -2.19. The summed E-state index contributed by atoms with van der Waals surface area (Å²) in [5, 5.41) is 4.63. The topological polar surface area (TPSA) is 59.9 Å². The maximum Gasteiger partial charge on any atom is 0.250 e. The van der Waals surface area contributed by atoms with Crippen molar-refractivity contribution in [3.05, 3.63) is 65.7 Å². The molecule has 5 nitrogen and oxygen atoms in total. The molecule has 0 saturated heterocycles. The molecule has 2 aromatic rings. The fourth-order valence-corrected chi connectivity index (χ4v) is 2.74. The van der Waals surface area contributed by atoms with E-state index in [9.17, 15) is 4.79 Å². The lowest BCUT2D eigenvalue weighted by Gasteiger charge is -2.09. The molecule has 0 aliphatic heterocycles. The highest BCUT2D eigenvalue weighted by Gasteiger charge is 2.05. The number of methoxy groups -OCH3 is 1. The number of hydrogen-bond donors (Lipinski definition) is 1. The molecule has 2 aromatic carbocycles. The van der Waals surface area contributed by atoms with E-state index in [1.165, 1.54) is 11.8 Å². The first-order valence-electron chi connectivity index (χ1n) is 7.74. The van der Waals surface area contributed by atoms with Crippen molar-refractivity contribution in [2.45, 2.75) is 4.90 Å². The molecule has 2 rings (SSSR count). The molecular weight excluding hydrogens is 372 g/mol. The van der Waals surface area contributed by atoms with Gasteiger partial charge in [0.2, 0.25) is 5.91 Å². The number of carbonyl (C=O) groups is 1. The van der Waals surface area contributed by atoms with Crippen LogP contribution in [0.15, 0.2) is 65.1 Å². The van der Waals surface area contributed by atoms with Crippen molar-refractivity contribution in [1.29, 1.82) is 0 Å². The maximum absolute atomic E-state index is 11.8. The van der Waals surface area contributed by atoms with Gasteiger partial charge in [0.15, 0.2) is 11.5 Å². The average molecular weight is 391 g/mol. The van der Waals surface area contributed by atoms with Gasteiger partial charge < -0.3 is 9.47 Å². The third kappa shape index (κ3) is 6.46. The Hall–Kier alpha value is -2.44. The molecule has 0 fully saturated rings. The van der Waals surface area contributed by atoms with Gasteiger partial charge in [-0.2, -0.15) is 5.10 Å². The van der Waals surface area contributed by atoms with Gasteiger partial charge in [0.05, 0.1) is 19.1 Å². The molecule has 0 aliphatic carbocycles. The highest BCUT2D eigenvalue weighted by molar-refractivity contribution is 8.00. The molecule has 0 aromatic heterocycles. The highest BCUT2D eigenvalue weighted by atomic mass is 35.5. The lowest BCUT2D eigenvalue weighted by atomic mass is 10.2. The molecule has 1 amide bonds. The molecule has 0 saturated carbocycles. The minimum atomic E-state index is -0.195. The Bertz CT molecular complexity index is 779. The van der Waals surface area contributed by atoms with Gasteiger partial charge in [-0.3, -0.25) is 4.79 Å². The number of carbonyl (C=O) groups excluding carboxylic acids is 1. The van der Waals surface area contributed by atoms with Gasteiger partial charge >= 0.3 is 0 Å². The summed E-state index contributed by atoms with van der Waals surface area (Å²) in [6.45, 7) is 4.00. The van der Waals surface area contributed by atoms with Crippen LogP contribution in [0.5, 0.6) is 11.5 Å². The number of nitrogens with one attached hydrogen (secondary N) is 1. The zero-order valence-electron chi connectivity index (χ0n) is 14.3. The quantitative estimate of drug-likeness (QED) is 0.302. The Labute approximate surface area is 162 Å². The fraction of sp³-hybridized carbons (Fsp3) is 0.158. The van der Waals surface area contributed by atoms with E-state index in [0.717, 1.165) is 10.5 Å². The Balaban J connectivity index is 1.85. The first kappa shape index (κ1) is 19.9. The van der Waals surface area contributed by atoms with E-state index in [0.29, 0.717) is 23.1 Å². The van der Waals surface area contributed by atoms with Crippen LogP contribution in [0.4, 0.5) is 0 Å². The van der Waals surface area contributed by atoms with Crippen molar-refractivity contribution in [3.63, 3.8) is 0 Å². The van der Waals surface area contributed by atoms with E-state index in [1.807, 2.05) is 18.2 Å². The monoisotopic (exact) mass is 390 g/mol. The Morgan fingerprint density at radius 3 is 2.73 bits per heavy atom. The van der Waals surface area contributed by atoms with E-state index in [2.05, 4.69) is 17.1 Å². The molecule has 0 bridgehead atoms. The summed E-state index contributed by atoms with van der Waals surface area (Å²) >= 11 is 7.24. The Morgan fingerprint density at radius 1 is 1.27 bits per heavy atom. The van der Waals surface area contributed by atoms with Crippen LogP contribution in [0.1, 0.15) is 5.56 Å². The van der Waals surface area contributed by atoms with Crippen LogP contribution in [0.2, 0.25) is 5.02 Å². The number of hydrogen-bond acceptors (Lipinski definition) is 5. The Kier molecular flexibility index (Phi) is 8.05. The third-order valence-electron chi connectivity index (χ3n) is 3.13. The summed E-state index contributed by atoms with van der Waals surface area (Å²) in [4.78, 5) is 12.8. The van der Waals surface area contributed by atoms with Crippen molar-refractivity contribution >= 4 is 35.5 Å². The third-order valence-corrected chi connectivity index (χ3v) is 4.39. The molecule has 0 unspecified atom stereocenters. The summed E-state index contributed by atoms with van der Waals surface area (Å²) in [5.41, 5.74) is 3.27. The molecule has 0 heterocycles. The minimum absolute atomic E-state index is 0.195. The summed E-state index contributed by atoms with van der Waals surface area (Å²) in [6.07, 6.45) is 3.21. The molecule has 26 heavy (non-hydrogen) atoms. The number of rotatable bonds is 9. The average Bonchev–Trinajstić information content (AvgIpc) is 2.66. The number of nitrogens with zero attached hydrogens (tertiary/aromatic N) is 1. The summed E-state index contributed by atoms with van der Waals surface area (Å²) in [6, 6.07) is 12.7. The smallest absolute Gasteiger partial charge is 0.250 e. The van der Waals surface area contributed by atoms with E-state index >= 15 is 0 Å². The van der Waals surface area contributed by atoms with E-state index in [-0.39, 0.29) is 11.7 Å². The van der Waals surface area contributed by atoms with Crippen molar-refractivity contribution in [3.8, 4) is 11.5 Å². The molecule has 7 heteroatoms. The van der Waals surface area contributed by atoms with Crippen LogP contribution in [-0.2, 0) is 4.79 Å². The van der Waals surface area contributed by atoms with E-state index in [4.69, 9.17) is 21.1 Å². The molecule has 0 spiro atoms. The van der Waals surface area contributed by atoms with Crippen LogP contribution >= 0.6 is 23.4 Å². The van der Waals surface area contributed by atoms with Gasteiger partial charge in [-0.15, -0.1) is 11.8 Å². The number of ether oxygens (including phenoxy) is 2. The predicted molar refractivity (Wildman–Crippen MR) is 107 cm³/mol. The fourth-order valence-electron chi connectivity index (χ4n) is 1.92. The van der Waals surface area contributed by atoms with Crippen LogP contribution < -0.4 is 14.9 Å². The van der Waals surface area contributed by atoms with Crippen molar-refractivity contribution in [1.82, 2.24) is 5.43 Å². The van der Waals surface area contributed by atoms with E-state index in [1.54, 1.807) is 43.7 Å².